The number of nitrogens with zero attached hydrogens (tertiary/aromatic N) is 1. The number of rotatable bonds is 6. The molecular weight excluding hydrogens is 456 g/mol. The molecule has 1 amide bonds. The molecule has 6 nitrogen and oxygen atoms in total. The molecule has 0 spiro atoms. The fraction of sp³-hybridized carbons (Fsp3) is 0.0909. The Kier molecular flexibility index (Phi) is 5.95. The van der Waals surface area contributed by atoms with E-state index in [2.05, 4.69) is 5.32 Å². The molecule has 0 atom stereocenters. The van der Waals surface area contributed by atoms with Crippen molar-refractivity contribution in [2.24, 2.45) is 0 Å². The summed E-state index contributed by atoms with van der Waals surface area (Å²) in [6.07, 6.45) is 0. The number of carbonyl (C=O) groups excluding carboxylic acids is 1. The lowest BCUT2D eigenvalue weighted by molar-refractivity contribution is -0.116. The summed E-state index contributed by atoms with van der Waals surface area (Å²) in [5.74, 6) is -0.522. The van der Waals surface area contributed by atoms with Crippen LogP contribution in [0.4, 0.5) is 5.69 Å². The second-order valence-electron chi connectivity index (χ2n) is 6.88. The number of hydrogen-bond donors (Lipinski definition) is 1. The smallest absolute Gasteiger partial charge is 0.308 e. The number of para-hydroxylation sites is 1. The highest BCUT2D eigenvalue weighted by molar-refractivity contribution is 7.90. The van der Waals surface area contributed by atoms with E-state index in [0.717, 1.165) is 16.0 Å². The van der Waals surface area contributed by atoms with Gasteiger partial charge in [0.15, 0.2) is 9.84 Å². The van der Waals surface area contributed by atoms with Crippen molar-refractivity contribution in [3.05, 3.63) is 93.0 Å². The van der Waals surface area contributed by atoms with Gasteiger partial charge in [0, 0.05) is 10.7 Å². The Bertz CT molecular complexity index is 1410. The van der Waals surface area contributed by atoms with E-state index in [-0.39, 0.29) is 28.0 Å². The predicted molar refractivity (Wildman–Crippen MR) is 123 cm³/mol. The van der Waals surface area contributed by atoms with Crippen molar-refractivity contribution in [3.8, 4) is 0 Å². The normalized spacial score (nSPS) is 11.5. The lowest BCUT2D eigenvalue weighted by Gasteiger charge is -2.09. The number of thiazole rings is 1. The maximum absolute atomic E-state index is 12.6. The van der Waals surface area contributed by atoms with Crippen molar-refractivity contribution in [1.29, 1.82) is 0 Å². The highest BCUT2D eigenvalue weighted by atomic mass is 35.5. The fourth-order valence-corrected chi connectivity index (χ4v) is 5.50. The number of fused-ring (bicyclic) bond motifs is 1. The molecule has 0 radical (unpaired) electrons. The van der Waals surface area contributed by atoms with E-state index >= 15 is 0 Å². The van der Waals surface area contributed by atoms with Crippen LogP contribution in [0.3, 0.4) is 0 Å². The summed E-state index contributed by atoms with van der Waals surface area (Å²) in [5, 5.41) is 3.24. The minimum Gasteiger partial charge on any atom is -0.325 e. The van der Waals surface area contributed by atoms with Gasteiger partial charge in [0.25, 0.3) is 0 Å². The van der Waals surface area contributed by atoms with Gasteiger partial charge >= 0.3 is 4.87 Å². The first-order valence-electron chi connectivity index (χ1n) is 9.27. The molecule has 0 aliphatic heterocycles. The number of halogens is 1. The van der Waals surface area contributed by atoms with E-state index in [1.54, 1.807) is 30.3 Å². The molecule has 0 fully saturated rings. The zero-order valence-corrected chi connectivity index (χ0v) is 18.5. The van der Waals surface area contributed by atoms with Gasteiger partial charge in [-0.2, -0.15) is 0 Å². The summed E-state index contributed by atoms with van der Waals surface area (Å²) in [4.78, 5) is 24.6. The van der Waals surface area contributed by atoms with Crippen molar-refractivity contribution in [2.45, 2.75) is 17.2 Å². The van der Waals surface area contributed by atoms with Gasteiger partial charge in [-0.15, -0.1) is 0 Å². The molecule has 0 saturated carbocycles. The summed E-state index contributed by atoms with van der Waals surface area (Å²) < 4.78 is 27.5. The minimum absolute atomic E-state index is 0.126. The molecule has 4 aromatic rings. The Morgan fingerprint density at radius 2 is 1.65 bits per heavy atom. The van der Waals surface area contributed by atoms with Gasteiger partial charge < -0.3 is 5.32 Å². The SMILES string of the molecule is O=C(Cn1c(=O)sc2ccccc21)Nc1ccc(S(=O)(=O)Cc2ccc(Cl)cc2)cc1. The molecule has 0 bridgehead atoms. The Morgan fingerprint density at radius 3 is 2.35 bits per heavy atom. The van der Waals surface area contributed by atoms with Crippen molar-refractivity contribution >= 4 is 54.6 Å². The molecule has 9 heteroatoms. The highest BCUT2D eigenvalue weighted by Gasteiger charge is 2.16. The summed E-state index contributed by atoms with van der Waals surface area (Å²) in [6, 6.07) is 19.9. The largest absolute Gasteiger partial charge is 0.325 e. The minimum atomic E-state index is -3.54. The van der Waals surface area contributed by atoms with Crippen LogP contribution in [0.25, 0.3) is 10.2 Å². The lowest BCUT2D eigenvalue weighted by Crippen LogP contribution is -2.24. The summed E-state index contributed by atoms with van der Waals surface area (Å²) in [6.45, 7) is -0.126. The molecular formula is C22H17ClN2O4S2. The molecule has 158 valence electrons. The molecule has 0 saturated heterocycles. The van der Waals surface area contributed by atoms with E-state index in [1.807, 2.05) is 18.2 Å². The zero-order valence-electron chi connectivity index (χ0n) is 16.1. The first-order chi connectivity index (χ1) is 14.8. The van der Waals surface area contributed by atoms with Crippen LogP contribution in [0.1, 0.15) is 5.56 Å². The number of benzene rings is 3. The van der Waals surface area contributed by atoms with E-state index < -0.39 is 9.84 Å². The van der Waals surface area contributed by atoms with E-state index in [9.17, 15) is 18.0 Å². The van der Waals surface area contributed by atoms with Gasteiger partial charge in [-0.25, -0.2) is 8.42 Å². The third-order valence-electron chi connectivity index (χ3n) is 4.64. The average Bonchev–Trinajstić information content (AvgIpc) is 3.05. The van der Waals surface area contributed by atoms with Gasteiger partial charge in [-0.1, -0.05) is 47.2 Å². The van der Waals surface area contributed by atoms with Gasteiger partial charge in [0.2, 0.25) is 5.91 Å². The van der Waals surface area contributed by atoms with Crippen LogP contribution in [0.2, 0.25) is 5.02 Å². The Morgan fingerprint density at radius 1 is 0.968 bits per heavy atom. The molecule has 0 aliphatic rings. The van der Waals surface area contributed by atoms with Crippen LogP contribution in [0, 0.1) is 0 Å². The van der Waals surface area contributed by atoms with Crippen LogP contribution in [0.15, 0.2) is 82.5 Å². The first-order valence-corrected chi connectivity index (χ1v) is 12.1. The van der Waals surface area contributed by atoms with E-state index in [0.29, 0.717) is 21.8 Å². The molecule has 31 heavy (non-hydrogen) atoms. The standard InChI is InChI=1S/C22H17ClN2O4S2/c23-16-7-5-15(6-8-16)14-31(28,29)18-11-9-17(10-12-18)24-21(26)13-25-19-3-1-2-4-20(19)30-22(25)27/h1-12H,13-14H2,(H,24,26). The fourth-order valence-electron chi connectivity index (χ4n) is 3.14. The summed E-state index contributed by atoms with van der Waals surface area (Å²) in [7, 11) is -3.54. The second-order valence-corrected chi connectivity index (χ2v) is 10.3. The number of amides is 1. The Balaban J connectivity index is 1.45. The maximum Gasteiger partial charge on any atom is 0.308 e. The zero-order chi connectivity index (χ0) is 22.0. The summed E-state index contributed by atoms with van der Waals surface area (Å²) in [5.41, 5.74) is 1.79. The maximum atomic E-state index is 12.6. The van der Waals surface area contributed by atoms with Crippen molar-refractivity contribution in [2.75, 3.05) is 5.32 Å². The number of aromatic nitrogens is 1. The highest BCUT2D eigenvalue weighted by Crippen LogP contribution is 2.21. The van der Waals surface area contributed by atoms with Gasteiger partial charge in [0.05, 0.1) is 20.9 Å². The molecule has 0 unspecified atom stereocenters. The quantitative estimate of drug-likeness (QED) is 0.452. The number of sulfone groups is 1. The van der Waals surface area contributed by atoms with Gasteiger partial charge in [-0.05, 0) is 54.1 Å². The summed E-state index contributed by atoms with van der Waals surface area (Å²) >= 11 is 6.92. The van der Waals surface area contributed by atoms with Crippen molar-refractivity contribution in [1.82, 2.24) is 4.57 Å². The monoisotopic (exact) mass is 472 g/mol. The molecule has 0 aliphatic carbocycles. The molecule has 4 rings (SSSR count). The van der Waals surface area contributed by atoms with Crippen molar-refractivity contribution < 1.29 is 13.2 Å². The van der Waals surface area contributed by atoms with E-state index in [4.69, 9.17) is 11.6 Å². The van der Waals surface area contributed by atoms with Crippen molar-refractivity contribution in [3.63, 3.8) is 0 Å². The lowest BCUT2D eigenvalue weighted by atomic mass is 10.2. The van der Waals surface area contributed by atoms with Crippen LogP contribution in [0.5, 0.6) is 0 Å². The number of carbonyl (C=O) groups is 1. The van der Waals surface area contributed by atoms with Gasteiger partial charge in [-0.3, -0.25) is 14.2 Å². The van der Waals surface area contributed by atoms with Crippen LogP contribution < -0.4 is 10.2 Å². The second kappa shape index (κ2) is 8.66. The number of nitrogens with one attached hydrogen (secondary N) is 1. The Labute approximate surface area is 187 Å². The third kappa shape index (κ3) is 4.87. The predicted octanol–water partition coefficient (Wildman–Crippen LogP) is 4.33. The molecule has 1 N–H and O–H groups in total. The number of anilines is 1. The molecule has 1 heterocycles. The van der Waals surface area contributed by atoms with Crippen LogP contribution >= 0.6 is 22.9 Å². The van der Waals surface area contributed by atoms with Crippen LogP contribution in [-0.4, -0.2) is 18.9 Å². The van der Waals surface area contributed by atoms with Crippen LogP contribution in [-0.2, 0) is 26.9 Å². The van der Waals surface area contributed by atoms with E-state index in [1.165, 1.54) is 28.8 Å². The average molecular weight is 473 g/mol. The Hall–Kier alpha value is -2.94. The van der Waals surface area contributed by atoms with Gasteiger partial charge in [0.1, 0.15) is 6.54 Å². The topological polar surface area (TPSA) is 85.2 Å². The third-order valence-corrected chi connectivity index (χ3v) is 7.56. The first kappa shape index (κ1) is 21.3. The molecule has 3 aromatic carbocycles. The molecule has 1 aromatic heterocycles. The number of hydrogen-bond acceptors (Lipinski definition) is 5.